The van der Waals surface area contributed by atoms with Crippen LogP contribution in [0.2, 0.25) is 0 Å². The van der Waals surface area contributed by atoms with Crippen molar-refractivity contribution in [3.05, 3.63) is 52.5 Å². The number of amides is 1. The molecule has 0 saturated carbocycles. The second-order valence-electron chi connectivity index (χ2n) is 7.68. The van der Waals surface area contributed by atoms with Crippen LogP contribution in [0.15, 0.2) is 35.7 Å². The van der Waals surface area contributed by atoms with Crippen LogP contribution in [0.25, 0.3) is 0 Å². The third-order valence-corrected chi connectivity index (χ3v) is 6.08. The van der Waals surface area contributed by atoms with Gasteiger partial charge < -0.3 is 24.8 Å². The molecule has 156 valence electrons. The van der Waals surface area contributed by atoms with E-state index in [1.54, 1.807) is 11.8 Å². The van der Waals surface area contributed by atoms with Crippen LogP contribution in [0.1, 0.15) is 29.7 Å². The molecule has 2 atom stereocenters. The van der Waals surface area contributed by atoms with Gasteiger partial charge in [0.1, 0.15) is 11.0 Å². The van der Waals surface area contributed by atoms with Crippen molar-refractivity contribution in [2.24, 2.45) is 5.73 Å². The minimum absolute atomic E-state index is 0.0331. The number of aromatic nitrogens is 2. The Balaban J connectivity index is 1.79. The highest BCUT2D eigenvalue weighted by atomic mass is 16.5. The third-order valence-electron chi connectivity index (χ3n) is 6.08. The number of ether oxygens (including phenoxy) is 3. The first-order chi connectivity index (χ1) is 14.5. The van der Waals surface area contributed by atoms with Gasteiger partial charge in [0.2, 0.25) is 17.7 Å². The van der Waals surface area contributed by atoms with Gasteiger partial charge in [0.25, 0.3) is 0 Å². The number of H-pyrrole nitrogens is 1. The lowest BCUT2D eigenvalue weighted by Gasteiger charge is -2.34. The van der Waals surface area contributed by atoms with Gasteiger partial charge in [0, 0.05) is 23.6 Å². The van der Waals surface area contributed by atoms with Crippen molar-refractivity contribution in [3.63, 3.8) is 0 Å². The number of anilines is 1. The molecule has 3 aliphatic heterocycles. The minimum Gasteiger partial charge on any atom is -0.465 e. The maximum atomic E-state index is 14.2. The summed E-state index contributed by atoms with van der Waals surface area (Å²) in [6.45, 7) is 2.85. The van der Waals surface area contributed by atoms with Crippen LogP contribution >= 0.6 is 0 Å². The molecule has 2 aromatic rings. The first-order valence-electron chi connectivity index (χ1n) is 9.85. The normalized spacial score (nSPS) is 24.8. The van der Waals surface area contributed by atoms with Crippen molar-refractivity contribution >= 4 is 17.6 Å². The highest BCUT2D eigenvalue weighted by Crippen LogP contribution is 2.56. The Hall–Kier alpha value is -3.33. The fourth-order valence-electron chi connectivity index (χ4n) is 4.85. The maximum Gasteiger partial charge on any atom is 0.340 e. The number of hydrogen-bond acceptors (Lipinski definition) is 7. The summed E-state index contributed by atoms with van der Waals surface area (Å²) in [5, 5.41) is 7.03. The van der Waals surface area contributed by atoms with Crippen molar-refractivity contribution in [2.75, 3.05) is 25.2 Å². The summed E-state index contributed by atoms with van der Waals surface area (Å²) in [6.07, 6.45) is 1.77. The zero-order chi connectivity index (χ0) is 21.0. The summed E-state index contributed by atoms with van der Waals surface area (Å²) in [5.74, 6) is -1.03. The molecule has 1 amide bonds. The molecule has 0 bridgehead atoms. The summed E-state index contributed by atoms with van der Waals surface area (Å²) in [4.78, 5) is 28.8. The lowest BCUT2D eigenvalue weighted by Crippen LogP contribution is -2.49. The summed E-state index contributed by atoms with van der Waals surface area (Å²) in [7, 11) is 1.25. The third kappa shape index (κ3) is 2.29. The fraction of sp³-hybridized carbons (Fsp3) is 0.381. The molecule has 4 heterocycles. The number of carbonyl (C=O) groups excluding carboxylic acids is 2. The van der Waals surface area contributed by atoms with Gasteiger partial charge in [-0.3, -0.25) is 9.89 Å². The smallest absolute Gasteiger partial charge is 0.340 e. The lowest BCUT2D eigenvalue weighted by molar-refractivity contribution is -0.138. The van der Waals surface area contributed by atoms with Gasteiger partial charge in [-0.2, -0.15) is 0 Å². The summed E-state index contributed by atoms with van der Waals surface area (Å²) < 4.78 is 16.4. The molecule has 1 fully saturated rings. The Bertz CT molecular complexity index is 1080. The second-order valence-corrected chi connectivity index (χ2v) is 7.68. The SMILES string of the molecule is COC(=O)C1=C(N)Oc2n[nH]c(C)c2C12C(=O)N(CC1CCCO1)c1ccccc12. The average molecular weight is 410 g/mol. The molecule has 1 aromatic heterocycles. The van der Waals surface area contributed by atoms with E-state index in [9.17, 15) is 9.59 Å². The number of rotatable bonds is 3. The number of nitrogens with zero attached hydrogens (tertiary/aromatic N) is 2. The van der Waals surface area contributed by atoms with E-state index in [1.807, 2.05) is 24.3 Å². The van der Waals surface area contributed by atoms with Crippen LogP contribution in [-0.4, -0.2) is 48.4 Å². The van der Waals surface area contributed by atoms with Crippen molar-refractivity contribution in [3.8, 4) is 5.88 Å². The molecule has 3 N–H and O–H groups in total. The molecule has 2 unspecified atom stereocenters. The van der Waals surface area contributed by atoms with Crippen molar-refractivity contribution < 1.29 is 23.8 Å². The zero-order valence-electron chi connectivity index (χ0n) is 16.7. The van der Waals surface area contributed by atoms with Gasteiger partial charge in [-0.05, 0) is 25.8 Å². The van der Waals surface area contributed by atoms with Gasteiger partial charge >= 0.3 is 5.97 Å². The summed E-state index contributed by atoms with van der Waals surface area (Å²) >= 11 is 0. The van der Waals surface area contributed by atoms with Crippen LogP contribution < -0.4 is 15.4 Å². The quantitative estimate of drug-likeness (QED) is 0.731. The van der Waals surface area contributed by atoms with E-state index in [0.717, 1.165) is 12.8 Å². The summed E-state index contributed by atoms with van der Waals surface area (Å²) in [6, 6.07) is 7.40. The Morgan fingerprint density at radius 3 is 2.97 bits per heavy atom. The molecular weight excluding hydrogens is 388 g/mol. The number of methoxy groups -OCH3 is 1. The molecule has 0 radical (unpaired) electrons. The van der Waals surface area contributed by atoms with Gasteiger partial charge in [0.15, 0.2) is 0 Å². The van der Waals surface area contributed by atoms with Crippen molar-refractivity contribution in [1.29, 1.82) is 0 Å². The number of aromatic amines is 1. The number of nitrogens with one attached hydrogen (secondary N) is 1. The van der Waals surface area contributed by atoms with Crippen LogP contribution in [0.5, 0.6) is 5.88 Å². The first kappa shape index (κ1) is 18.7. The van der Waals surface area contributed by atoms with E-state index in [2.05, 4.69) is 10.2 Å². The second kappa shape index (κ2) is 6.60. The van der Waals surface area contributed by atoms with Crippen molar-refractivity contribution in [1.82, 2.24) is 10.2 Å². The number of aryl methyl sites for hydroxylation is 1. The Labute approximate surface area is 172 Å². The molecule has 9 heteroatoms. The van der Waals surface area contributed by atoms with Gasteiger partial charge in [-0.25, -0.2) is 4.79 Å². The number of carbonyl (C=O) groups is 2. The molecule has 9 nitrogen and oxygen atoms in total. The number of benzene rings is 1. The Kier molecular flexibility index (Phi) is 4.11. The number of hydrogen-bond donors (Lipinski definition) is 2. The van der Waals surface area contributed by atoms with Crippen LogP contribution in [0.4, 0.5) is 5.69 Å². The monoisotopic (exact) mass is 410 g/mol. The fourth-order valence-corrected chi connectivity index (χ4v) is 4.85. The molecule has 0 aliphatic carbocycles. The highest BCUT2D eigenvalue weighted by Gasteiger charge is 2.62. The predicted octanol–water partition coefficient (Wildman–Crippen LogP) is 1.27. The zero-order valence-corrected chi connectivity index (χ0v) is 16.7. The van der Waals surface area contributed by atoms with E-state index in [-0.39, 0.29) is 29.3 Å². The number of nitrogens with two attached hydrogens (primary N) is 1. The molecule has 3 aliphatic rings. The Morgan fingerprint density at radius 2 is 2.23 bits per heavy atom. The van der Waals surface area contributed by atoms with E-state index in [0.29, 0.717) is 35.7 Å². The van der Waals surface area contributed by atoms with E-state index in [1.165, 1.54) is 7.11 Å². The molecule has 1 saturated heterocycles. The lowest BCUT2D eigenvalue weighted by atomic mass is 9.68. The van der Waals surface area contributed by atoms with E-state index < -0.39 is 11.4 Å². The molecule has 1 spiro atoms. The van der Waals surface area contributed by atoms with Crippen LogP contribution in [0.3, 0.4) is 0 Å². The first-order valence-corrected chi connectivity index (χ1v) is 9.85. The number of para-hydroxylation sites is 1. The van der Waals surface area contributed by atoms with Crippen LogP contribution in [-0.2, 0) is 24.5 Å². The Morgan fingerprint density at radius 1 is 1.43 bits per heavy atom. The number of esters is 1. The number of fused-ring (bicyclic) bond motifs is 4. The predicted molar refractivity (Wildman–Crippen MR) is 106 cm³/mol. The maximum absolute atomic E-state index is 14.2. The van der Waals surface area contributed by atoms with Gasteiger partial charge in [0.05, 0.1) is 25.3 Å². The molecule has 1 aromatic carbocycles. The topological polar surface area (TPSA) is 120 Å². The van der Waals surface area contributed by atoms with Crippen molar-refractivity contribution in [2.45, 2.75) is 31.3 Å². The largest absolute Gasteiger partial charge is 0.465 e. The van der Waals surface area contributed by atoms with E-state index >= 15 is 0 Å². The van der Waals surface area contributed by atoms with Crippen LogP contribution in [0, 0.1) is 6.92 Å². The van der Waals surface area contributed by atoms with E-state index in [4.69, 9.17) is 19.9 Å². The highest BCUT2D eigenvalue weighted by molar-refractivity contribution is 6.18. The molecule has 5 rings (SSSR count). The minimum atomic E-state index is -1.50. The van der Waals surface area contributed by atoms with Gasteiger partial charge in [-0.15, -0.1) is 5.10 Å². The average Bonchev–Trinajstić information content (AvgIpc) is 3.44. The standard InChI is InChI=1S/C21H22N4O5/c1-11-15-18(24-23-11)30-17(22)16(19(26)28-2)21(15)13-7-3-4-8-14(13)25(20(21)27)10-12-6-5-9-29-12/h3-4,7-8,12H,5-6,9-10,22H2,1-2H3,(H,23,24). The molecular formula is C21H22N4O5. The van der Waals surface area contributed by atoms with Gasteiger partial charge in [-0.1, -0.05) is 18.2 Å². The summed E-state index contributed by atoms with van der Waals surface area (Å²) in [5.41, 5.74) is 7.07. The molecule has 30 heavy (non-hydrogen) atoms.